The molecule has 0 unspecified atom stereocenters. The Bertz CT molecular complexity index is 855. The number of halogens is 2. The van der Waals surface area contributed by atoms with Crippen molar-refractivity contribution >= 4 is 29.2 Å². The second-order valence-corrected chi connectivity index (χ2v) is 6.00. The van der Waals surface area contributed by atoms with E-state index in [0.717, 1.165) is 5.56 Å². The number of carbonyl (C=O) groups is 1. The van der Waals surface area contributed by atoms with Crippen LogP contribution in [0, 0.1) is 6.92 Å². The van der Waals surface area contributed by atoms with Gasteiger partial charge in [0.2, 0.25) is 5.89 Å². The number of nitrogens with zero attached hydrogens (tertiary/aromatic N) is 1. The van der Waals surface area contributed by atoms with Crippen molar-refractivity contribution in [2.45, 2.75) is 13.5 Å². The van der Waals surface area contributed by atoms with Crippen molar-refractivity contribution in [3.8, 4) is 11.5 Å². The van der Waals surface area contributed by atoms with Crippen LogP contribution in [0.25, 0.3) is 11.5 Å². The molecule has 0 amide bonds. The van der Waals surface area contributed by atoms with Crippen molar-refractivity contribution in [3.63, 3.8) is 0 Å². The molecule has 0 aliphatic heterocycles. The van der Waals surface area contributed by atoms with E-state index in [0.29, 0.717) is 27.4 Å². The van der Waals surface area contributed by atoms with Crippen molar-refractivity contribution in [2.24, 2.45) is 0 Å². The summed E-state index contributed by atoms with van der Waals surface area (Å²) < 4.78 is 10.9. The summed E-state index contributed by atoms with van der Waals surface area (Å²) in [5, 5.41) is 0.747. The second-order valence-electron chi connectivity index (χ2n) is 5.12. The van der Waals surface area contributed by atoms with Crippen LogP contribution in [-0.4, -0.2) is 11.0 Å². The van der Waals surface area contributed by atoms with Crippen LogP contribution in [0.5, 0.6) is 0 Å². The zero-order valence-corrected chi connectivity index (χ0v) is 14.3. The first-order valence-electron chi connectivity index (χ1n) is 7.18. The van der Waals surface area contributed by atoms with E-state index in [1.54, 1.807) is 13.0 Å². The molecule has 4 nitrogen and oxygen atoms in total. The molecule has 3 aromatic rings. The van der Waals surface area contributed by atoms with Crippen LogP contribution in [0.1, 0.15) is 21.8 Å². The predicted octanol–water partition coefficient (Wildman–Crippen LogP) is 5.31. The van der Waals surface area contributed by atoms with Gasteiger partial charge in [-0.05, 0) is 37.3 Å². The van der Waals surface area contributed by atoms with E-state index in [1.165, 1.54) is 12.1 Å². The Labute approximate surface area is 149 Å². The van der Waals surface area contributed by atoms with E-state index in [1.807, 2.05) is 30.3 Å². The van der Waals surface area contributed by atoms with Crippen LogP contribution >= 0.6 is 23.2 Å². The quantitative estimate of drug-likeness (QED) is 0.590. The van der Waals surface area contributed by atoms with E-state index in [4.69, 9.17) is 32.4 Å². The van der Waals surface area contributed by atoms with Gasteiger partial charge in [-0.15, -0.1) is 0 Å². The maximum Gasteiger partial charge on any atom is 0.338 e. The molecule has 122 valence electrons. The molecule has 1 heterocycles. The molecule has 1 aromatic heterocycles. The van der Waals surface area contributed by atoms with E-state index in [9.17, 15) is 4.79 Å². The molecule has 0 bridgehead atoms. The van der Waals surface area contributed by atoms with E-state index >= 15 is 0 Å². The highest BCUT2D eigenvalue weighted by molar-refractivity contribution is 6.35. The molecule has 2 aromatic carbocycles. The molecule has 0 spiro atoms. The molecule has 0 saturated heterocycles. The average Bonchev–Trinajstić information content (AvgIpc) is 2.93. The molecule has 0 fully saturated rings. The molecular weight excluding hydrogens is 349 g/mol. The largest absolute Gasteiger partial charge is 0.455 e. The zero-order chi connectivity index (χ0) is 17.1. The van der Waals surface area contributed by atoms with Gasteiger partial charge < -0.3 is 9.15 Å². The number of rotatable bonds is 4. The molecule has 0 atom stereocenters. The van der Waals surface area contributed by atoms with Crippen LogP contribution in [0.3, 0.4) is 0 Å². The Kier molecular flexibility index (Phi) is 4.88. The van der Waals surface area contributed by atoms with Crippen molar-refractivity contribution in [1.29, 1.82) is 0 Å². The highest BCUT2D eigenvalue weighted by Crippen LogP contribution is 2.23. The summed E-state index contributed by atoms with van der Waals surface area (Å²) in [6, 6.07) is 14.1. The number of ether oxygens (including phenoxy) is 1. The molecule has 3 rings (SSSR count). The molecule has 0 saturated carbocycles. The number of esters is 1. The Morgan fingerprint density at radius 3 is 2.46 bits per heavy atom. The molecule has 0 aliphatic rings. The normalized spacial score (nSPS) is 10.6. The predicted molar refractivity (Wildman–Crippen MR) is 92.3 cm³/mol. The smallest absolute Gasteiger partial charge is 0.338 e. The van der Waals surface area contributed by atoms with Gasteiger partial charge in [0, 0.05) is 15.6 Å². The van der Waals surface area contributed by atoms with Gasteiger partial charge in [0.25, 0.3) is 0 Å². The minimum atomic E-state index is -0.525. The Hall–Kier alpha value is -2.30. The fourth-order valence-corrected chi connectivity index (χ4v) is 2.68. The number of oxazole rings is 1. The average molecular weight is 362 g/mol. The summed E-state index contributed by atoms with van der Waals surface area (Å²) in [5.74, 6) is 0.568. The lowest BCUT2D eigenvalue weighted by Crippen LogP contribution is -2.06. The Morgan fingerprint density at radius 2 is 1.79 bits per heavy atom. The molecule has 24 heavy (non-hydrogen) atoms. The second kappa shape index (κ2) is 7.07. The van der Waals surface area contributed by atoms with Gasteiger partial charge >= 0.3 is 5.97 Å². The number of hydrogen-bond donors (Lipinski definition) is 0. The molecule has 0 aliphatic carbocycles. The molecule has 6 heteroatoms. The maximum absolute atomic E-state index is 12.1. The van der Waals surface area contributed by atoms with Gasteiger partial charge in [0.15, 0.2) is 0 Å². The van der Waals surface area contributed by atoms with Crippen molar-refractivity contribution < 1.29 is 13.9 Å². The highest BCUT2D eigenvalue weighted by atomic mass is 35.5. The number of aromatic nitrogens is 1. The summed E-state index contributed by atoms with van der Waals surface area (Å²) in [6.45, 7) is 1.78. The van der Waals surface area contributed by atoms with Gasteiger partial charge in [-0.2, -0.15) is 0 Å². The molecule has 0 N–H and O–H groups in total. The van der Waals surface area contributed by atoms with Crippen LogP contribution in [0.2, 0.25) is 10.0 Å². The summed E-state index contributed by atoms with van der Waals surface area (Å²) in [5.41, 5.74) is 1.71. The molecule has 0 radical (unpaired) electrons. The number of carbonyl (C=O) groups excluding carboxylic acids is 1. The van der Waals surface area contributed by atoms with Gasteiger partial charge in [0.1, 0.15) is 18.1 Å². The Morgan fingerprint density at radius 1 is 1.12 bits per heavy atom. The summed E-state index contributed by atoms with van der Waals surface area (Å²) in [4.78, 5) is 16.5. The van der Waals surface area contributed by atoms with Crippen molar-refractivity contribution in [3.05, 3.63) is 75.6 Å². The fourth-order valence-electron chi connectivity index (χ4n) is 2.16. The lowest BCUT2D eigenvalue weighted by Gasteiger charge is -2.04. The van der Waals surface area contributed by atoms with Gasteiger partial charge in [-0.25, -0.2) is 9.78 Å². The van der Waals surface area contributed by atoms with Crippen LogP contribution in [-0.2, 0) is 11.3 Å². The minimum absolute atomic E-state index is 0.00509. The summed E-state index contributed by atoms with van der Waals surface area (Å²) in [6.07, 6.45) is 0. The minimum Gasteiger partial charge on any atom is -0.455 e. The number of hydrogen-bond acceptors (Lipinski definition) is 4. The third kappa shape index (κ3) is 3.78. The lowest BCUT2D eigenvalue weighted by molar-refractivity contribution is 0.0467. The van der Waals surface area contributed by atoms with E-state index in [2.05, 4.69) is 4.98 Å². The third-order valence-corrected chi connectivity index (χ3v) is 3.79. The Balaban J connectivity index is 1.73. The monoisotopic (exact) mass is 361 g/mol. The molecular formula is C18H13Cl2NO3. The zero-order valence-electron chi connectivity index (χ0n) is 12.8. The van der Waals surface area contributed by atoms with Crippen molar-refractivity contribution in [2.75, 3.05) is 0 Å². The lowest BCUT2D eigenvalue weighted by atomic mass is 10.2. The summed E-state index contributed by atoms with van der Waals surface area (Å²) in [7, 11) is 0. The number of benzene rings is 2. The van der Waals surface area contributed by atoms with Crippen molar-refractivity contribution in [1.82, 2.24) is 4.98 Å². The van der Waals surface area contributed by atoms with Crippen LogP contribution < -0.4 is 0 Å². The van der Waals surface area contributed by atoms with Crippen LogP contribution in [0.4, 0.5) is 0 Å². The van der Waals surface area contributed by atoms with Crippen LogP contribution in [0.15, 0.2) is 52.9 Å². The third-order valence-electron chi connectivity index (χ3n) is 3.35. The first-order valence-corrected chi connectivity index (χ1v) is 7.93. The van der Waals surface area contributed by atoms with Gasteiger partial charge in [-0.1, -0.05) is 41.4 Å². The standard InChI is InChI=1S/C18H13Cl2NO3/c1-11-16(21-17(24-11)12-5-3-2-4-6-12)10-23-18(22)13-7-14(19)9-15(20)8-13/h2-9H,10H2,1H3. The first kappa shape index (κ1) is 16.6. The van der Waals surface area contributed by atoms with Gasteiger partial charge in [0.05, 0.1) is 5.56 Å². The fraction of sp³-hybridized carbons (Fsp3) is 0.111. The number of aryl methyl sites for hydroxylation is 1. The topological polar surface area (TPSA) is 52.3 Å². The van der Waals surface area contributed by atoms with E-state index < -0.39 is 5.97 Å². The summed E-state index contributed by atoms with van der Waals surface area (Å²) >= 11 is 11.8. The maximum atomic E-state index is 12.1. The SMILES string of the molecule is Cc1oc(-c2ccccc2)nc1COC(=O)c1cc(Cl)cc(Cl)c1. The first-order chi connectivity index (χ1) is 11.5. The van der Waals surface area contributed by atoms with Gasteiger partial charge in [-0.3, -0.25) is 0 Å². The highest BCUT2D eigenvalue weighted by Gasteiger charge is 2.15. The van der Waals surface area contributed by atoms with E-state index in [-0.39, 0.29) is 12.2 Å².